The van der Waals surface area contributed by atoms with E-state index in [2.05, 4.69) is 5.32 Å². The molecule has 1 N–H and O–H groups in total. The third-order valence-corrected chi connectivity index (χ3v) is 4.22. The van der Waals surface area contributed by atoms with Crippen molar-refractivity contribution in [2.45, 2.75) is 44.6 Å². The van der Waals surface area contributed by atoms with E-state index in [-0.39, 0.29) is 11.4 Å². The summed E-state index contributed by atoms with van der Waals surface area (Å²) in [5.74, 6) is 0.757. The number of likely N-dealkylation sites (N-methyl/N-ethyl adjacent to an activating group) is 1. The van der Waals surface area contributed by atoms with E-state index in [1.807, 2.05) is 18.9 Å². The molecule has 0 saturated carbocycles. The molecule has 0 radical (unpaired) electrons. The number of ether oxygens (including phenoxy) is 1. The average molecular weight is 254 g/mol. The highest BCUT2D eigenvalue weighted by atomic mass is 16.5. The van der Waals surface area contributed by atoms with Gasteiger partial charge >= 0.3 is 0 Å². The van der Waals surface area contributed by atoms with Crippen molar-refractivity contribution in [3.8, 4) is 0 Å². The predicted molar refractivity (Wildman–Crippen MR) is 71.4 cm³/mol. The number of rotatable bonds is 3. The maximum Gasteiger partial charge on any atom is 0.242 e. The van der Waals surface area contributed by atoms with E-state index in [0.29, 0.717) is 5.92 Å². The molecule has 18 heavy (non-hydrogen) atoms. The Bertz CT molecular complexity index is 282. The van der Waals surface area contributed by atoms with Gasteiger partial charge in [0.1, 0.15) is 0 Å². The molecule has 0 spiro atoms. The molecule has 0 bridgehead atoms. The standard InChI is InChI=1S/C14H26N2O2/c1-14(7-3-4-8-15-14)13(17)16(2)10-12-6-5-9-18-11-12/h12,15H,3-11H2,1-2H3. The SMILES string of the molecule is CN(CC1CCCOC1)C(=O)C1(C)CCCCN1. The van der Waals surface area contributed by atoms with Gasteiger partial charge in [0.2, 0.25) is 5.91 Å². The second kappa shape index (κ2) is 6.02. The number of hydrogen-bond donors (Lipinski definition) is 1. The van der Waals surface area contributed by atoms with Crippen LogP contribution < -0.4 is 5.32 Å². The lowest BCUT2D eigenvalue weighted by Crippen LogP contribution is -2.57. The van der Waals surface area contributed by atoms with Crippen LogP contribution >= 0.6 is 0 Å². The van der Waals surface area contributed by atoms with Crippen molar-refractivity contribution in [1.82, 2.24) is 10.2 Å². The smallest absolute Gasteiger partial charge is 0.242 e. The molecule has 2 atom stereocenters. The molecule has 2 fully saturated rings. The summed E-state index contributed by atoms with van der Waals surface area (Å²) < 4.78 is 5.48. The molecule has 2 unspecified atom stereocenters. The summed E-state index contributed by atoms with van der Waals surface area (Å²) in [5, 5.41) is 3.39. The van der Waals surface area contributed by atoms with Gasteiger partial charge in [0, 0.05) is 20.2 Å². The highest BCUT2D eigenvalue weighted by Crippen LogP contribution is 2.22. The molecule has 2 aliphatic rings. The van der Waals surface area contributed by atoms with E-state index >= 15 is 0 Å². The third-order valence-electron chi connectivity index (χ3n) is 4.22. The van der Waals surface area contributed by atoms with Crippen LogP contribution in [-0.4, -0.2) is 49.7 Å². The van der Waals surface area contributed by atoms with Gasteiger partial charge in [0.15, 0.2) is 0 Å². The van der Waals surface area contributed by atoms with Gasteiger partial charge in [-0.3, -0.25) is 4.79 Å². The summed E-state index contributed by atoms with van der Waals surface area (Å²) in [6.45, 7) is 5.52. The highest BCUT2D eigenvalue weighted by molar-refractivity contribution is 5.85. The van der Waals surface area contributed by atoms with Gasteiger partial charge in [-0.25, -0.2) is 0 Å². The third kappa shape index (κ3) is 3.23. The van der Waals surface area contributed by atoms with E-state index in [1.165, 1.54) is 12.8 Å². The normalized spacial score (nSPS) is 33.1. The fraction of sp³-hybridized carbons (Fsp3) is 0.929. The second-order valence-corrected chi connectivity index (χ2v) is 5.98. The fourth-order valence-electron chi connectivity index (χ4n) is 3.08. The number of amides is 1. The average Bonchev–Trinajstić information content (AvgIpc) is 2.40. The topological polar surface area (TPSA) is 41.6 Å². The number of nitrogens with one attached hydrogen (secondary N) is 1. The van der Waals surface area contributed by atoms with Gasteiger partial charge in [0.25, 0.3) is 0 Å². The van der Waals surface area contributed by atoms with Crippen molar-refractivity contribution in [3.05, 3.63) is 0 Å². The van der Waals surface area contributed by atoms with Crippen molar-refractivity contribution in [1.29, 1.82) is 0 Å². The van der Waals surface area contributed by atoms with Gasteiger partial charge in [-0.2, -0.15) is 0 Å². The molecular formula is C14H26N2O2. The predicted octanol–water partition coefficient (Wildman–Crippen LogP) is 1.40. The van der Waals surface area contributed by atoms with E-state index in [4.69, 9.17) is 4.74 Å². The van der Waals surface area contributed by atoms with Crippen LogP contribution in [0.4, 0.5) is 0 Å². The summed E-state index contributed by atoms with van der Waals surface area (Å²) >= 11 is 0. The quantitative estimate of drug-likeness (QED) is 0.828. The lowest BCUT2D eigenvalue weighted by atomic mass is 9.89. The number of piperidine rings is 1. The molecule has 104 valence electrons. The highest BCUT2D eigenvalue weighted by Gasteiger charge is 2.36. The van der Waals surface area contributed by atoms with Crippen LogP contribution in [0.2, 0.25) is 0 Å². The zero-order valence-corrected chi connectivity index (χ0v) is 11.7. The summed E-state index contributed by atoms with van der Waals surface area (Å²) in [7, 11) is 1.93. The monoisotopic (exact) mass is 254 g/mol. The van der Waals surface area contributed by atoms with E-state index in [1.54, 1.807) is 0 Å². The Morgan fingerprint density at radius 1 is 1.44 bits per heavy atom. The van der Waals surface area contributed by atoms with Crippen LogP contribution in [-0.2, 0) is 9.53 Å². The molecule has 2 saturated heterocycles. The van der Waals surface area contributed by atoms with E-state index < -0.39 is 0 Å². The maximum absolute atomic E-state index is 12.5. The van der Waals surface area contributed by atoms with Crippen molar-refractivity contribution < 1.29 is 9.53 Å². The van der Waals surface area contributed by atoms with Crippen molar-refractivity contribution in [3.63, 3.8) is 0 Å². The minimum atomic E-state index is -0.345. The molecule has 0 aliphatic carbocycles. The molecule has 1 amide bonds. The largest absolute Gasteiger partial charge is 0.381 e. The van der Waals surface area contributed by atoms with Crippen LogP contribution in [0.25, 0.3) is 0 Å². The first-order chi connectivity index (χ1) is 8.62. The zero-order valence-electron chi connectivity index (χ0n) is 11.7. The first-order valence-corrected chi connectivity index (χ1v) is 7.20. The number of hydrogen-bond acceptors (Lipinski definition) is 3. The Hall–Kier alpha value is -0.610. The molecule has 2 aliphatic heterocycles. The lowest BCUT2D eigenvalue weighted by molar-refractivity contribution is -0.138. The Labute approximate surface area is 110 Å². The molecule has 2 heterocycles. The number of carbonyl (C=O) groups excluding carboxylic acids is 1. The van der Waals surface area contributed by atoms with Gasteiger partial charge in [-0.15, -0.1) is 0 Å². The van der Waals surface area contributed by atoms with Crippen LogP contribution in [0, 0.1) is 5.92 Å². The van der Waals surface area contributed by atoms with E-state index in [9.17, 15) is 4.79 Å². The summed E-state index contributed by atoms with van der Waals surface area (Å²) in [5.41, 5.74) is -0.345. The first-order valence-electron chi connectivity index (χ1n) is 7.20. The zero-order chi connectivity index (χ0) is 13.0. The van der Waals surface area contributed by atoms with Gasteiger partial charge in [-0.05, 0) is 51.5 Å². The molecular weight excluding hydrogens is 228 g/mol. The van der Waals surface area contributed by atoms with Crippen molar-refractivity contribution in [2.75, 3.05) is 33.4 Å². The minimum absolute atomic E-state index is 0.243. The van der Waals surface area contributed by atoms with Gasteiger partial charge < -0.3 is 15.0 Å². The van der Waals surface area contributed by atoms with Crippen LogP contribution in [0.1, 0.15) is 39.0 Å². The van der Waals surface area contributed by atoms with Crippen LogP contribution in [0.3, 0.4) is 0 Å². The van der Waals surface area contributed by atoms with Crippen molar-refractivity contribution >= 4 is 5.91 Å². The van der Waals surface area contributed by atoms with E-state index in [0.717, 1.165) is 45.6 Å². The number of carbonyl (C=O) groups is 1. The summed E-state index contributed by atoms with van der Waals surface area (Å²) in [6, 6.07) is 0. The summed E-state index contributed by atoms with van der Waals surface area (Å²) in [6.07, 6.45) is 5.60. The Balaban J connectivity index is 1.86. The fourth-order valence-corrected chi connectivity index (χ4v) is 3.08. The Kier molecular flexibility index (Phi) is 4.62. The number of nitrogens with zero attached hydrogens (tertiary/aromatic N) is 1. The Morgan fingerprint density at radius 3 is 2.89 bits per heavy atom. The molecule has 4 heteroatoms. The molecule has 4 nitrogen and oxygen atoms in total. The molecule has 2 rings (SSSR count). The first kappa shape index (κ1) is 13.8. The second-order valence-electron chi connectivity index (χ2n) is 5.98. The molecule has 0 aromatic carbocycles. The van der Waals surface area contributed by atoms with Crippen LogP contribution in [0.5, 0.6) is 0 Å². The van der Waals surface area contributed by atoms with Crippen molar-refractivity contribution in [2.24, 2.45) is 5.92 Å². The lowest BCUT2D eigenvalue weighted by Gasteiger charge is -2.38. The van der Waals surface area contributed by atoms with Crippen LogP contribution in [0.15, 0.2) is 0 Å². The minimum Gasteiger partial charge on any atom is -0.381 e. The Morgan fingerprint density at radius 2 is 2.28 bits per heavy atom. The molecule has 0 aromatic rings. The summed E-state index contributed by atoms with van der Waals surface area (Å²) in [4.78, 5) is 14.4. The maximum atomic E-state index is 12.5. The molecule has 0 aromatic heterocycles. The van der Waals surface area contributed by atoms with Gasteiger partial charge in [0.05, 0.1) is 12.1 Å². The van der Waals surface area contributed by atoms with Gasteiger partial charge in [-0.1, -0.05) is 0 Å².